The average molecular weight is 143 g/mol. The molecule has 1 fully saturated rings. The largest absolute Gasteiger partial charge is 0.302 e. The van der Waals surface area contributed by atoms with Crippen molar-refractivity contribution in [1.29, 1.82) is 0 Å². The van der Waals surface area contributed by atoms with Crippen LogP contribution in [0.15, 0.2) is 0 Å². The van der Waals surface area contributed by atoms with E-state index < -0.39 is 0 Å². The Morgan fingerprint density at radius 3 is 2.60 bits per heavy atom. The van der Waals surface area contributed by atoms with Gasteiger partial charge in [0.05, 0.1) is 6.61 Å². The van der Waals surface area contributed by atoms with Crippen molar-refractivity contribution in [3.05, 3.63) is 0 Å². The minimum Gasteiger partial charge on any atom is -0.302 e. The normalized spacial score (nSPS) is 39.3. The van der Waals surface area contributed by atoms with Crippen LogP contribution in [0.25, 0.3) is 0 Å². The average Bonchev–Trinajstić information content (AvgIpc) is 1.97. The molecular formula is C8H17NO. The molecule has 1 aliphatic carbocycles. The van der Waals surface area contributed by atoms with E-state index in [0.717, 1.165) is 18.4 Å². The Balaban J connectivity index is 2.08. The van der Waals surface area contributed by atoms with Crippen molar-refractivity contribution in [2.24, 2.45) is 11.8 Å². The van der Waals surface area contributed by atoms with Crippen LogP contribution in [0.3, 0.4) is 0 Å². The maximum absolute atomic E-state index is 5.11. The third kappa shape index (κ3) is 1.50. The molecule has 60 valence electrons. The fourth-order valence-electron chi connectivity index (χ4n) is 1.38. The molecule has 0 aromatic rings. The summed E-state index contributed by atoms with van der Waals surface area (Å²) < 4.78 is 0. The molecule has 3 unspecified atom stereocenters. The molecule has 0 radical (unpaired) electrons. The first-order valence-electron chi connectivity index (χ1n) is 4.13. The highest BCUT2D eigenvalue weighted by atomic mass is 16.6. The van der Waals surface area contributed by atoms with Gasteiger partial charge in [0.15, 0.2) is 0 Å². The maximum Gasteiger partial charge on any atom is 0.0654 e. The van der Waals surface area contributed by atoms with Crippen LogP contribution in [0.1, 0.15) is 27.2 Å². The predicted molar refractivity (Wildman–Crippen MR) is 41.5 cm³/mol. The summed E-state index contributed by atoms with van der Waals surface area (Å²) in [5.74, 6) is 1.66. The molecule has 0 spiro atoms. The standard InChI is InChI=1S/C8H17NO/c1-4-10-9-8-5-6(2)7(8)3/h6-9H,4-5H2,1-3H3. The lowest BCUT2D eigenvalue weighted by Gasteiger charge is -2.40. The number of hydrogen-bond acceptors (Lipinski definition) is 2. The van der Waals surface area contributed by atoms with Crippen LogP contribution < -0.4 is 5.48 Å². The first-order valence-corrected chi connectivity index (χ1v) is 4.13. The topological polar surface area (TPSA) is 21.3 Å². The lowest BCUT2D eigenvalue weighted by atomic mass is 9.72. The molecule has 0 amide bonds. The second-order valence-electron chi connectivity index (χ2n) is 3.23. The van der Waals surface area contributed by atoms with Crippen molar-refractivity contribution < 1.29 is 4.84 Å². The Morgan fingerprint density at radius 2 is 2.20 bits per heavy atom. The first kappa shape index (κ1) is 8.02. The van der Waals surface area contributed by atoms with Gasteiger partial charge in [0.2, 0.25) is 0 Å². The number of nitrogens with one attached hydrogen (secondary N) is 1. The van der Waals surface area contributed by atoms with Crippen LogP contribution >= 0.6 is 0 Å². The summed E-state index contributed by atoms with van der Waals surface area (Å²) in [6, 6.07) is 0.606. The highest BCUT2D eigenvalue weighted by molar-refractivity contribution is 4.87. The summed E-state index contributed by atoms with van der Waals surface area (Å²) in [5, 5.41) is 0. The van der Waals surface area contributed by atoms with E-state index in [1.54, 1.807) is 0 Å². The molecule has 0 heterocycles. The summed E-state index contributed by atoms with van der Waals surface area (Å²) in [5.41, 5.74) is 3.05. The predicted octanol–water partition coefficient (Wildman–Crippen LogP) is 1.57. The van der Waals surface area contributed by atoms with Crippen molar-refractivity contribution in [1.82, 2.24) is 5.48 Å². The minimum atomic E-state index is 0.606. The molecule has 1 rings (SSSR count). The second kappa shape index (κ2) is 3.35. The fraction of sp³-hybridized carbons (Fsp3) is 1.00. The maximum atomic E-state index is 5.11. The molecule has 1 saturated carbocycles. The molecule has 0 aromatic carbocycles. The molecule has 3 atom stereocenters. The van der Waals surface area contributed by atoms with Gasteiger partial charge in [-0.3, -0.25) is 0 Å². The van der Waals surface area contributed by atoms with E-state index in [9.17, 15) is 0 Å². The quantitative estimate of drug-likeness (QED) is 0.605. The van der Waals surface area contributed by atoms with E-state index in [1.165, 1.54) is 6.42 Å². The molecule has 1 N–H and O–H groups in total. The monoisotopic (exact) mass is 143 g/mol. The van der Waals surface area contributed by atoms with Crippen molar-refractivity contribution >= 4 is 0 Å². The molecule has 0 saturated heterocycles. The Morgan fingerprint density at radius 1 is 1.50 bits per heavy atom. The zero-order valence-electron chi connectivity index (χ0n) is 7.05. The molecule has 0 aliphatic heterocycles. The van der Waals surface area contributed by atoms with Gasteiger partial charge in [-0.15, -0.1) is 0 Å². The smallest absolute Gasteiger partial charge is 0.0654 e. The molecule has 0 aromatic heterocycles. The number of rotatable bonds is 3. The molecule has 0 bridgehead atoms. The minimum absolute atomic E-state index is 0.606. The van der Waals surface area contributed by atoms with Gasteiger partial charge in [0, 0.05) is 6.04 Å². The highest BCUT2D eigenvalue weighted by Gasteiger charge is 2.34. The molecule has 10 heavy (non-hydrogen) atoms. The summed E-state index contributed by atoms with van der Waals surface area (Å²) in [6.45, 7) is 7.32. The number of hydrogen-bond donors (Lipinski definition) is 1. The van der Waals surface area contributed by atoms with E-state index >= 15 is 0 Å². The van der Waals surface area contributed by atoms with Gasteiger partial charge in [-0.25, -0.2) is 0 Å². The van der Waals surface area contributed by atoms with Crippen molar-refractivity contribution in [2.75, 3.05) is 6.61 Å². The Bertz CT molecular complexity index is 105. The van der Waals surface area contributed by atoms with Crippen LogP contribution in [0.5, 0.6) is 0 Å². The third-order valence-corrected chi connectivity index (χ3v) is 2.54. The van der Waals surface area contributed by atoms with Crippen LogP contribution in [0.4, 0.5) is 0 Å². The van der Waals surface area contributed by atoms with Crippen molar-refractivity contribution in [3.8, 4) is 0 Å². The van der Waals surface area contributed by atoms with Crippen molar-refractivity contribution in [3.63, 3.8) is 0 Å². The van der Waals surface area contributed by atoms with Gasteiger partial charge in [-0.2, -0.15) is 5.48 Å². The lowest BCUT2D eigenvalue weighted by molar-refractivity contribution is -0.0372. The van der Waals surface area contributed by atoms with E-state index in [4.69, 9.17) is 4.84 Å². The SMILES string of the molecule is CCONC1CC(C)C1C. The van der Waals surface area contributed by atoms with E-state index in [0.29, 0.717) is 6.04 Å². The van der Waals surface area contributed by atoms with Crippen LogP contribution in [-0.2, 0) is 4.84 Å². The third-order valence-electron chi connectivity index (χ3n) is 2.54. The summed E-state index contributed by atoms with van der Waals surface area (Å²) in [4.78, 5) is 5.11. The first-order chi connectivity index (χ1) is 4.75. The van der Waals surface area contributed by atoms with Crippen LogP contribution in [0.2, 0.25) is 0 Å². The van der Waals surface area contributed by atoms with E-state index in [2.05, 4.69) is 19.3 Å². The Hall–Kier alpha value is -0.0800. The second-order valence-corrected chi connectivity index (χ2v) is 3.23. The van der Waals surface area contributed by atoms with E-state index in [1.807, 2.05) is 6.92 Å². The van der Waals surface area contributed by atoms with Gasteiger partial charge in [0.1, 0.15) is 0 Å². The summed E-state index contributed by atoms with van der Waals surface area (Å²) >= 11 is 0. The fourth-order valence-corrected chi connectivity index (χ4v) is 1.38. The van der Waals surface area contributed by atoms with Gasteiger partial charge < -0.3 is 4.84 Å². The molecular weight excluding hydrogens is 126 g/mol. The van der Waals surface area contributed by atoms with Gasteiger partial charge in [-0.05, 0) is 25.2 Å². The lowest BCUT2D eigenvalue weighted by Crippen LogP contribution is -2.47. The van der Waals surface area contributed by atoms with Crippen LogP contribution in [0, 0.1) is 11.8 Å². The molecule has 1 aliphatic rings. The van der Waals surface area contributed by atoms with Gasteiger partial charge in [0.25, 0.3) is 0 Å². The zero-order chi connectivity index (χ0) is 7.56. The van der Waals surface area contributed by atoms with Crippen molar-refractivity contribution in [2.45, 2.75) is 33.2 Å². The highest BCUT2D eigenvalue weighted by Crippen LogP contribution is 2.33. The van der Waals surface area contributed by atoms with Crippen LogP contribution in [-0.4, -0.2) is 12.6 Å². The van der Waals surface area contributed by atoms with Gasteiger partial charge in [-0.1, -0.05) is 13.8 Å². The summed E-state index contributed by atoms with van der Waals surface area (Å²) in [7, 11) is 0. The Labute approximate surface area is 62.9 Å². The Kier molecular flexibility index (Phi) is 2.69. The molecule has 2 heteroatoms. The number of hydroxylamine groups is 1. The summed E-state index contributed by atoms with van der Waals surface area (Å²) in [6.07, 6.45) is 1.27. The van der Waals surface area contributed by atoms with E-state index in [-0.39, 0.29) is 0 Å². The zero-order valence-corrected chi connectivity index (χ0v) is 7.05. The van der Waals surface area contributed by atoms with Gasteiger partial charge >= 0.3 is 0 Å². The molecule has 2 nitrogen and oxygen atoms in total.